The van der Waals surface area contributed by atoms with Crippen LogP contribution in [0.5, 0.6) is 0 Å². The molecule has 0 saturated carbocycles. The third kappa shape index (κ3) is 3.57. The van der Waals surface area contributed by atoms with E-state index in [1.165, 1.54) is 18.2 Å². The first-order chi connectivity index (χ1) is 14.1. The predicted octanol–water partition coefficient (Wildman–Crippen LogP) is 4.99. The number of fused-ring (bicyclic) bond motifs is 4. The zero-order valence-corrected chi connectivity index (χ0v) is 18.1. The fourth-order valence-electron chi connectivity index (χ4n) is 4.27. The van der Waals surface area contributed by atoms with Gasteiger partial charge in [0.05, 0.1) is 21.5 Å². The molecule has 1 amide bonds. The molecule has 1 aliphatic rings. The summed E-state index contributed by atoms with van der Waals surface area (Å²) in [4.78, 5) is 29.6. The zero-order valence-electron chi connectivity index (χ0n) is 16.5. The van der Waals surface area contributed by atoms with Crippen LogP contribution in [0.15, 0.2) is 41.7 Å². The molecular weight excluding hydrogens is 400 g/mol. The van der Waals surface area contributed by atoms with Crippen molar-refractivity contribution in [1.29, 1.82) is 0 Å². The lowest BCUT2D eigenvalue weighted by Gasteiger charge is -2.35. The van der Waals surface area contributed by atoms with E-state index in [0.29, 0.717) is 17.6 Å². The van der Waals surface area contributed by atoms with Gasteiger partial charge in [0.25, 0.3) is 0 Å². The average molecular weight is 423 g/mol. The number of carbonyl (C=O) groups excluding carboxylic acids is 1. The minimum atomic E-state index is 0.199. The van der Waals surface area contributed by atoms with Crippen molar-refractivity contribution in [1.82, 2.24) is 19.9 Å². The SMILES string of the molecule is C[C@@H]1C[C@@H](C)CN(C(=O)CSc2ncnc3c2sc2nc4ccccc4cc23)C1. The maximum Gasteiger partial charge on any atom is 0.233 e. The second-order valence-corrected chi connectivity index (χ2v) is 9.99. The first kappa shape index (κ1) is 18.8. The molecule has 2 atom stereocenters. The van der Waals surface area contributed by atoms with Gasteiger partial charge in [0, 0.05) is 23.9 Å². The smallest absolute Gasteiger partial charge is 0.233 e. The summed E-state index contributed by atoms with van der Waals surface area (Å²) in [6, 6.07) is 10.3. The number of hydrogen-bond donors (Lipinski definition) is 0. The van der Waals surface area contributed by atoms with E-state index in [4.69, 9.17) is 4.98 Å². The van der Waals surface area contributed by atoms with E-state index in [0.717, 1.165) is 49.5 Å². The minimum Gasteiger partial charge on any atom is -0.341 e. The molecule has 0 bridgehead atoms. The van der Waals surface area contributed by atoms with Crippen LogP contribution in [0.1, 0.15) is 20.3 Å². The number of nitrogens with zero attached hydrogens (tertiary/aromatic N) is 4. The number of carbonyl (C=O) groups is 1. The molecule has 0 aliphatic carbocycles. The number of amides is 1. The third-order valence-electron chi connectivity index (χ3n) is 5.47. The molecule has 3 aromatic heterocycles. The van der Waals surface area contributed by atoms with E-state index < -0.39 is 0 Å². The van der Waals surface area contributed by atoms with Crippen molar-refractivity contribution in [3.63, 3.8) is 0 Å². The van der Waals surface area contributed by atoms with Crippen LogP contribution in [0.25, 0.3) is 31.3 Å². The topological polar surface area (TPSA) is 59.0 Å². The second kappa shape index (κ2) is 7.54. The van der Waals surface area contributed by atoms with Crippen LogP contribution in [0, 0.1) is 11.8 Å². The number of thioether (sulfide) groups is 1. The summed E-state index contributed by atoms with van der Waals surface area (Å²) in [5.41, 5.74) is 1.91. The van der Waals surface area contributed by atoms with Crippen LogP contribution in [-0.4, -0.2) is 44.6 Å². The number of piperidine rings is 1. The molecule has 1 saturated heterocycles. The Bertz CT molecular complexity index is 1210. The normalized spacial score (nSPS) is 20.0. The summed E-state index contributed by atoms with van der Waals surface area (Å²) in [7, 11) is 0. The highest BCUT2D eigenvalue weighted by Crippen LogP contribution is 2.37. The molecule has 5 rings (SSSR count). The predicted molar refractivity (Wildman–Crippen MR) is 120 cm³/mol. The number of pyridine rings is 1. The Labute approximate surface area is 177 Å². The summed E-state index contributed by atoms with van der Waals surface area (Å²) in [6.45, 7) is 6.18. The first-order valence-electron chi connectivity index (χ1n) is 9.92. The summed E-state index contributed by atoms with van der Waals surface area (Å²) in [5.74, 6) is 1.75. The highest BCUT2D eigenvalue weighted by atomic mass is 32.2. The summed E-state index contributed by atoms with van der Waals surface area (Å²) < 4.78 is 1.02. The number of likely N-dealkylation sites (tertiary alicyclic amines) is 1. The Morgan fingerprint density at radius 3 is 2.83 bits per heavy atom. The molecule has 4 heterocycles. The average Bonchev–Trinajstić information content (AvgIpc) is 3.07. The monoisotopic (exact) mass is 422 g/mol. The number of thiophene rings is 1. The Balaban J connectivity index is 1.44. The van der Waals surface area contributed by atoms with Crippen molar-refractivity contribution in [2.75, 3.05) is 18.8 Å². The first-order valence-corrected chi connectivity index (χ1v) is 11.7. The van der Waals surface area contributed by atoms with Crippen LogP contribution in [-0.2, 0) is 4.79 Å². The maximum absolute atomic E-state index is 12.8. The van der Waals surface area contributed by atoms with Crippen LogP contribution in [0.4, 0.5) is 0 Å². The second-order valence-electron chi connectivity index (χ2n) is 8.03. The van der Waals surface area contributed by atoms with Crippen molar-refractivity contribution < 1.29 is 4.79 Å². The molecule has 148 valence electrons. The van der Waals surface area contributed by atoms with Crippen LogP contribution in [0.3, 0.4) is 0 Å². The lowest BCUT2D eigenvalue weighted by atomic mass is 9.92. The van der Waals surface area contributed by atoms with E-state index >= 15 is 0 Å². The molecule has 0 radical (unpaired) electrons. The van der Waals surface area contributed by atoms with Gasteiger partial charge >= 0.3 is 0 Å². The van der Waals surface area contributed by atoms with Crippen molar-refractivity contribution in [2.24, 2.45) is 11.8 Å². The Morgan fingerprint density at radius 2 is 2.00 bits per heavy atom. The standard InChI is InChI=1S/C22H22N4OS2/c1-13-7-14(2)10-26(9-13)18(27)11-28-22-20-19(23-12-24-22)16-8-15-5-3-4-6-17(15)25-21(16)29-20/h3-6,8,12-14H,7,9-11H2,1-2H3/t13-,14-/m1/s1. The summed E-state index contributed by atoms with van der Waals surface area (Å²) >= 11 is 3.12. The lowest BCUT2D eigenvalue weighted by Crippen LogP contribution is -2.43. The molecule has 0 unspecified atom stereocenters. The van der Waals surface area contributed by atoms with Gasteiger partial charge in [-0.25, -0.2) is 15.0 Å². The Kier molecular flexibility index (Phi) is 4.87. The zero-order chi connectivity index (χ0) is 20.0. The fourth-order valence-corrected chi connectivity index (χ4v) is 6.37. The van der Waals surface area contributed by atoms with Crippen LogP contribution >= 0.6 is 23.1 Å². The highest BCUT2D eigenvalue weighted by molar-refractivity contribution is 8.00. The molecule has 0 N–H and O–H groups in total. The van der Waals surface area contributed by atoms with Crippen molar-refractivity contribution in [2.45, 2.75) is 25.3 Å². The van der Waals surface area contributed by atoms with Gasteiger partial charge in [-0.2, -0.15) is 0 Å². The maximum atomic E-state index is 12.8. The molecule has 29 heavy (non-hydrogen) atoms. The van der Waals surface area contributed by atoms with E-state index in [9.17, 15) is 4.79 Å². The van der Waals surface area contributed by atoms with Gasteiger partial charge in [0.2, 0.25) is 5.91 Å². The highest BCUT2D eigenvalue weighted by Gasteiger charge is 2.25. The minimum absolute atomic E-state index is 0.199. The van der Waals surface area contributed by atoms with Crippen molar-refractivity contribution in [3.05, 3.63) is 36.7 Å². The van der Waals surface area contributed by atoms with Gasteiger partial charge in [-0.15, -0.1) is 11.3 Å². The molecule has 7 heteroatoms. The van der Waals surface area contributed by atoms with Gasteiger partial charge in [-0.3, -0.25) is 4.79 Å². The molecule has 5 nitrogen and oxygen atoms in total. The number of hydrogen-bond acceptors (Lipinski definition) is 6. The van der Waals surface area contributed by atoms with Crippen LogP contribution < -0.4 is 0 Å². The Morgan fingerprint density at radius 1 is 1.21 bits per heavy atom. The molecule has 0 spiro atoms. The summed E-state index contributed by atoms with van der Waals surface area (Å²) in [5, 5.41) is 3.03. The Hall–Kier alpha value is -2.25. The van der Waals surface area contributed by atoms with Gasteiger partial charge < -0.3 is 4.90 Å². The van der Waals surface area contributed by atoms with Crippen molar-refractivity contribution >= 4 is 60.3 Å². The van der Waals surface area contributed by atoms with Gasteiger partial charge in [-0.05, 0) is 30.4 Å². The number of rotatable bonds is 3. The van der Waals surface area contributed by atoms with E-state index in [1.807, 2.05) is 23.1 Å². The molecular formula is C22H22N4OS2. The van der Waals surface area contributed by atoms with E-state index in [1.54, 1.807) is 17.7 Å². The molecule has 1 aliphatic heterocycles. The number of para-hydroxylation sites is 1. The molecule has 1 fully saturated rings. The molecule has 4 aromatic rings. The van der Waals surface area contributed by atoms with E-state index in [2.05, 4.69) is 35.9 Å². The van der Waals surface area contributed by atoms with Gasteiger partial charge in [0.15, 0.2) is 0 Å². The summed E-state index contributed by atoms with van der Waals surface area (Å²) in [6.07, 6.45) is 2.80. The van der Waals surface area contributed by atoms with Gasteiger partial charge in [-0.1, -0.05) is 43.8 Å². The number of benzene rings is 1. The fraction of sp³-hybridized carbons (Fsp3) is 0.364. The van der Waals surface area contributed by atoms with E-state index in [-0.39, 0.29) is 5.91 Å². The largest absolute Gasteiger partial charge is 0.341 e. The molecule has 1 aromatic carbocycles. The third-order valence-corrected chi connectivity index (χ3v) is 7.67. The van der Waals surface area contributed by atoms with Crippen LogP contribution in [0.2, 0.25) is 0 Å². The number of aromatic nitrogens is 3. The van der Waals surface area contributed by atoms with Gasteiger partial charge in [0.1, 0.15) is 16.2 Å². The lowest BCUT2D eigenvalue weighted by molar-refractivity contribution is -0.130. The van der Waals surface area contributed by atoms with Crippen molar-refractivity contribution in [3.8, 4) is 0 Å². The quantitative estimate of drug-likeness (QED) is 0.344.